The van der Waals surface area contributed by atoms with Crippen molar-refractivity contribution >= 4 is 11.9 Å². The molecule has 0 spiro atoms. The summed E-state index contributed by atoms with van der Waals surface area (Å²) in [5, 5.41) is 0. The van der Waals surface area contributed by atoms with Gasteiger partial charge in [0, 0.05) is 18.9 Å². The molecule has 0 amide bonds. The second kappa shape index (κ2) is 12.3. The lowest BCUT2D eigenvalue weighted by atomic mass is 10.2. The Balaban J connectivity index is 4.52. The molecule has 0 saturated heterocycles. The highest BCUT2D eigenvalue weighted by Crippen LogP contribution is 2.02. The van der Waals surface area contributed by atoms with Gasteiger partial charge in [-0.3, -0.25) is 0 Å². The predicted octanol–water partition coefficient (Wildman–Crippen LogP) is 2.18. The van der Waals surface area contributed by atoms with E-state index in [9.17, 15) is 9.59 Å². The quantitative estimate of drug-likeness (QED) is 0.226. The van der Waals surface area contributed by atoms with Crippen molar-refractivity contribution in [1.29, 1.82) is 0 Å². The molecule has 0 heterocycles. The number of hydrogen-bond donors (Lipinski definition) is 0. The fraction of sp³-hybridized carbons (Fsp3) is 0.294. The molecule has 0 unspecified atom stereocenters. The third-order valence-electron chi connectivity index (χ3n) is 2.06. The van der Waals surface area contributed by atoms with Crippen molar-refractivity contribution in [2.45, 2.75) is 19.8 Å². The first-order chi connectivity index (χ1) is 10.2. The van der Waals surface area contributed by atoms with Gasteiger partial charge in [0.05, 0.1) is 5.57 Å². The van der Waals surface area contributed by atoms with Gasteiger partial charge in [-0.25, -0.2) is 9.59 Å². The minimum absolute atomic E-state index is 0.155. The average molecular weight is 286 g/mol. The summed E-state index contributed by atoms with van der Waals surface area (Å²) in [6, 6.07) is 0. The maximum absolute atomic E-state index is 11.7. The molecule has 0 bridgehead atoms. The minimum atomic E-state index is -0.526. The first-order valence-corrected chi connectivity index (χ1v) is 6.37. The first kappa shape index (κ1) is 18.3. The monoisotopic (exact) mass is 286 g/mol. The second-order valence-corrected chi connectivity index (χ2v) is 3.69. The van der Waals surface area contributed by atoms with Crippen LogP contribution >= 0.6 is 0 Å². The summed E-state index contributed by atoms with van der Waals surface area (Å²) in [7, 11) is 0. The van der Waals surface area contributed by atoms with Gasteiger partial charge < -0.3 is 9.47 Å². The van der Waals surface area contributed by atoms with Crippen LogP contribution in [0.2, 0.25) is 0 Å². The molecule has 0 aliphatic rings. The Labute approximate surface area is 125 Å². The zero-order chi connectivity index (χ0) is 15.9. The van der Waals surface area contributed by atoms with Crippen molar-refractivity contribution in [3.8, 4) is 24.7 Å². The van der Waals surface area contributed by atoms with Gasteiger partial charge in [0.2, 0.25) is 0 Å². The van der Waals surface area contributed by atoms with E-state index in [1.165, 1.54) is 18.2 Å². The van der Waals surface area contributed by atoms with Crippen LogP contribution in [0.4, 0.5) is 0 Å². The highest BCUT2D eigenvalue weighted by atomic mass is 16.5. The van der Waals surface area contributed by atoms with Crippen molar-refractivity contribution < 1.29 is 19.1 Å². The minimum Gasteiger partial charge on any atom is -0.462 e. The molecule has 0 aromatic rings. The highest BCUT2D eigenvalue weighted by Gasteiger charge is 2.06. The van der Waals surface area contributed by atoms with Crippen molar-refractivity contribution in [2.24, 2.45) is 0 Å². The average Bonchev–Trinajstić information content (AvgIpc) is 2.46. The maximum Gasteiger partial charge on any atom is 0.338 e. The van der Waals surface area contributed by atoms with Crippen LogP contribution in [0.3, 0.4) is 0 Å². The van der Waals surface area contributed by atoms with E-state index in [2.05, 4.69) is 11.8 Å². The van der Waals surface area contributed by atoms with E-state index in [-0.39, 0.29) is 13.2 Å². The van der Waals surface area contributed by atoms with Crippen molar-refractivity contribution in [2.75, 3.05) is 13.2 Å². The smallest absolute Gasteiger partial charge is 0.338 e. The number of hydrogen-bond acceptors (Lipinski definition) is 4. The van der Waals surface area contributed by atoms with Gasteiger partial charge in [0.1, 0.15) is 13.2 Å². The summed E-state index contributed by atoms with van der Waals surface area (Å²) >= 11 is 0. The molecule has 0 radical (unpaired) electrons. The van der Waals surface area contributed by atoms with Crippen LogP contribution < -0.4 is 0 Å². The van der Waals surface area contributed by atoms with E-state index in [1.807, 2.05) is 0 Å². The lowest BCUT2D eigenvalue weighted by molar-refractivity contribution is -0.139. The molecule has 0 rings (SSSR count). The van der Waals surface area contributed by atoms with Crippen LogP contribution in [-0.4, -0.2) is 25.2 Å². The summed E-state index contributed by atoms with van der Waals surface area (Å²) < 4.78 is 9.77. The molecular weight excluding hydrogens is 268 g/mol. The summed E-state index contributed by atoms with van der Waals surface area (Å²) in [5.74, 6) is 3.70. The fourth-order valence-electron chi connectivity index (χ4n) is 1.15. The Morgan fingerprint density at radius 2 is 1.67 bits per heavy atom. The van der Waals surface area contributed by atoms with Gasteiger partial charge >= 0.3 is 11.9 Å². The zero-order valence-electron chi connectivity index (χ0n) is 12.0. The molecule has 4 nitrogen and oxygen atoms in total. The third kappa shape index (κ3) is 9.81. The molecule has 0 saturated carbocycles. The van der Waals surface area contributed by atoms with E-state index >= 15 is 0 Å². The molecule has 4 heteroatoms. The summed E-state index contributed by atoms with van der Waals surface area (Å²) in [4.78, 5) is 23.0. The number of allylic oxidation sites excluding steroid dienone is 3. The molecule has 0 aliphatic carbocycles. The van der Waals surface area contributed by atoms with E-state index < -0.39 is 11.9 Å². The van der Waals surface area contributed by atoms with Crippen LogP contribution in [0.1, 0.15) is 19.8 Å². The standard InChI is InChI=1S/C17H18O4/c1-4-7-13-20-16(18)12-9-11-15(10-6-3)17(19)21-14-8-5-2/h1-2,6,9-12H,7-8,13-14H2,3H3/b10-6-,12-9+,15-11+. The Morgan fingerprint density at radius 3 is 2.24 bits per heavy atom. The van der Waals surface area contributed by atoms with Gasteiger partial charge in [0.25, 0.3) is 0 Å². The topological polar surface area (TPSA) is 52.6 Å². The molecule has 0 atom stereocenters. The number of carbonyl (C=O) groups excluding carboxylic acids is 2. The lowest BCUT2D eigenvalue weighted by Crippen LogP contribution is -2.07. The number of ether oxygens (including phenoxy) is 2. The van der Waals surface area contributed by atoms with Gasteiger partial charge in [0.15, 0.2) is 0 Å². The lowest BCUT2D eigenvalue weighted by Gasteiger charge is -2.02. The Morgan fingerprint density at radius 1 is 1.05 bits per heavy atom. The molecule has 0 aliphatic heterocycles. The van der Waals surface area contributed by atoms with Crippen LogP contribution in [0.5, 0.6) is 0 Å². The van der Waals surface area contributed by atoms with Crippen LogP contribution in [-0.2, 0) is 19.1 Å². The molecule has 0 aromatic heterocycles. The number of rotatable bonds is 8. The molecular formula is C17H18O4. The number of terminal acetylenes is 2. The van der Waals surface area contributed by atoms with Crippen LogP contribution in [0.25, 0.3) is 0 Å². The van der Waals surface area contributed by atoms with Crippen molar-refractivity contribution in [3.63, 3.8) is 0 Å². The van der Waals surface area contributed by atoms with Crippen LogP contribution in [0.15, 0.2) is 36.0 Å². The van der Waals surface area contributed by atoms with Crippen LogP contribution in [0, 0.1) is 24.7 Å². The highest BCUT2D eigenvalue weighted by molar-refractivity contribution is 5.92. The van der Waals surface area contributed by atoms with E-state index in [0.717, 1.165) is 0 Å². The largest absolute Gasteiger partial charge is 0.462 e. The maximum atomic E-state index is 11.7. The second-order valence-electron chi connectivity index (χ2n) is 3.69. The Bertz CT molecular complexity index is 510. The molecule has 0 N–H and O–H groups in total. The van der Waals surface area contributed by atoms with Crippen molar-refractivity contribution in [3.05, 3.63) is 36.0 Å². The molecule has 0 fully saturated rings. The molecule has 21 heavy (non-hydrogen) atoms. The first-order valence-electron chi connectivity index (χ1n) is 6.37. The molecule has 0 aromatic carbocycles. The Hall–Kier alpha value is -2.72. The van der Waals surface area contributed by atoms with Gasteiger partial charge in [-0.2, -0.15) is 0 Å². The third-order valence-corrected chi connectivity index (χ3v) is 2.06. The van der Waals surface area contributed by atoms with E-state index in [1.54, 1.807) is 19.1 Å². The number of esters is 2. The van der Waals surface area contributed by atoms with Gasteiger partial charge in [-0.1, -0.05) is 18.2 Å². The summed E-state index contributed by atoms with van der Waals surface area (Å²) in [6.07, 6.45) is 18.2. The van der Waals surface area contributed by atoms with Gasteiger partial charge in [-0.05, 0) is 13.0 Å². The van der Waals surface area contributed by atoms with E-state index in [4.69, 9.17) is 22.3 Å². The van der Waals surface area contributed by atoms with Crippen molar-refractivity contribution in [1.82, 2.24) is 0 Å². The fourth-order valence-corrected chi connectivity index (χ4v) is 1.15. The Kier molecular flexibility index (Phi) is 10.7. The SMILES string of the molecule is C#CCCOC(=O)/C=C/C=C(\C=C/C)C(=O)OCCC#C. The summed E-state index contributed by atoms with van der Waals surface area (Å²) in [5.41, 5.74) is 0.308. The predicted molar refractivity (Wildman–Crippen MR) is 80.9 cm³/mol. The van der Waals surface area contributed by atoms with Gasteiger partial charge in [-0.15, -0.1) is 24.7 Å². The normalized spacial score (nSPS) is 11.1. The number of carbonyl (C=O) groups is 2. The zero-order valence-corrected chi connectivity index (χ0v) is 12.0. The summed E-state index contributed by atoms with van der Waals surface area (Å²) in [6.45, 7) is 2.08. The van der Waals surface area contributed by atoms with E-state index in [0.29, 0.717) is 18.4 Å². The molecule has 110 valence electrons.